The topological polar surface area (TPSA) is 41.5 Å². The summed E-state index contributed by atoms with van der Waals surface area (Å²) in [5.41, 5.74) is 7.82. The van der Waals surface area contributed by atoms with Crippen molar-refractivity contribution >= 4 is 11.6 Å². The van der Waals surface area contributed by atoms with Crippen molar-refractivity contribution in [1.29, 1.82) is 0 Å². The smallest absolute Gasteiger partial charge is 0.252 e. The van der Waals surface area contributed by atoms with Gasteiger partial charge >= 0.3 is 0 Å². The van der Waals surface area contributed by atoms with Gasteiger partial charge in [0.05, 0.1) is 5.92 Å². The van der Waals surface area contributed by atoms with Crippen LogP contribution in [0.15, 0.2) is 126 Å². The number of carbonyl (C=O) groups is 1. The van der Waals surface area contributed by atoms with Gasteiger partial charge in [0.15, 0.2) is 0 Å². The van der Waals surface area contributed by atoms with E-state index in [1.54, 1.807) is 0 Å². The van der Waals surface area contributed by atoms with Crippen molar-refractivity contribution in [1.82, 2.24) is 5.43 Å². The Labute approximate surface area is 189 Å². The number of carbonyl (C=O) groups excluding carboxylic acids is 1. The zero-order chi connectivity index (χ0) is 22.2. The lowest BCUT2D eigenvalue weighted by Gasteiger charge is -2.20. The van der Waals surface area contributed by atoms with Gasteiger partial charge in [0.1, 0.15) is 0 Å². The summed E-state index contributed by atoms with van der Waals surface area (Å²) in [6, 6.07) is 40.1. The maximum absolute atomic E-state index is 13.3. The van der Waals surface area contributed by atoms with Crippen LogP contribution in [-0.4, -0.2) is 11.6 Å². The fourth-order valence-electron chi connectivity index (χ4n) is 4.02. The lowest BCUT2D eigenvalue weighted by Crippen LogP contribution is -2.28. The van der Waals surface area contributed by atoms with E-state index in [0.29, 0.717) is 0 Å². The summed E-state index contributed by atoms with van der Waals surface area (Å²) < 4.78 is 0. The third-order valence-electron chi connectivity index (χ3n) is 5.55. The van der Waals surface area contributed by atoms with Crippen LogP contribution in [0.1, 0.15) is 41.0 Å². The highest BCUT2D eigenvalue weighted by molar-refractivity contribution is 5.94. The van der Waals surface area contributed by atoms with Gasteiger partial charge in [-0.3, -0.25) is 4.79 Å². The van der Waals surface area contributed by atoms with E-state index in [1.165, 1.54) is 0 Å². The fraction of sp³-hybridized carbons (Fsp3) is 0.103. The Hall–Kier alpha value is -3.98. The van der Waals surface area contributed by atoms with Gasteiger partial charge in [-0.05, 0) is 29.2 Å². The molecule has 1 N–H and O–H groups in total. The number of hydrazone groups is 1. The van der Waals surface area contributed by atoms with Gasteiger partial charge in [0.2, 0.25) is 0 Å². The third-order valence-corrected chi connectivity index (χ3v) is 5.55. The largest absolute Gasteiger partial charge is 0.272 e. The van der Waals surface area contributed by atoms with Crippen LogP contribution in [0.3, 0.4) is 0 Å². The molecule has 0 atom stereocenters. The number of nitrogens with one attached hydrogen (secondary N) is 1. The number of hydrogen-bond acceptors (Lipinski definition) is 2. The molecule has 0 saturated heterocycles. The molecule has 4 aromatic rings. The first-order valence-electron chi connectivity index (χ1n) is 10.8. The van der Waals surface area contributed by atoms with Crippen molar-refractivity contribution in [3.8, 4) is 0 Å². The summed E-state index contributed by atoms with van der Waals surface area (Å²) in [7, 11) is 0. The number of nitrogens with zero attached hydrogens (tertiary/aromatic N) is 1. The molecule has 0 aliphatic carbocycles. The zero-order valence-corrected chi connectivity index (χ0v) is 18.1. The van der Waals surface area contributed by atoms with Crippen molar-refractivity contribution in [2.75, 3.05) is 0 Å². The summed E-state index contributed by atoms with van der Waals surface area (Å²) in [5, 5.41) is 4.57. The molecule has 0 spiro atoms. The highest BCUT2D eigenvalue weighted by Gasteiger charge is 2.23. The molecule has 0 fully saturated rings. The number of benzene rings is 4. The number of rotatable bonds is 7. The predicted octanol–water partition coefficient (Wildman–Crippen LogP) is 6.14. The molecule has 0 heterocycles. The molecule has 0 bridgehead atoms. The molecule has 1 amide bonds. The SMILES string of the molecule is C/C(=N\NC(=O)C(c1ccccc1)c1ccccc1)C(c1ccccc1)c1ccccc1. The minimum absolute atomic E-state index is 0.0374. The van der Waals surface area contributed by atoms with Crippen LogP contribution in [-0.2, 0) is 4.79 Å². The Balaban J connectivity index is 1.64. The molecule has 0 aromatic heterocycles. The van der Waals surface area contributed by atoms with E-state index in [2.05, 4.69) is 34.8 Å². The van der Waals surface area contributed by atoms with E-state index in [4.69, 9.17) is 0 Å². The van der Waals surface area contributed by atoms with Gasteiger partial charge in [0, 0.05) is 11.6 Å². The highest BCUT2D eigenvalue weighted by atomic mass is 16.2. The van der Waals surface area contributed by atoms with Crippen molar-refractivity contribution in [2.24, 2.45) is 5.10 Å². The van der Waals surface area contributed by atoms with E-state index in [1.807, 2.05) is 104 Å². The summed E-state index contributed by atoms with van der Waals surface area (Å²) >= 11 is 0. The predicted molar refractivity (Wildman–Crippen MR) is 131 cm³/mol. The Morgan fingerprint density at radius 2 is 0.875 bits per heavy atom. The Kier molecular flexibility index (Phi) is 6.88. The molecule has 0 unspecified atom stereocenters. The van der Waals surface area contributed by atoms with Gasteiger partial charge in [-0.1, -0.05) is 121 Å². The molecule has 3 heteroatoms. The quantitative estimate of drug-likeness (QED) is 0.284. The normalized spacial score (nSPS) is 11.5. The van der Waals surface area contributed by atoms with Crippen LogP contribution in [0, 0.1) is 0 Å². The lowest BCUT2D eigenvalue weighted by atomic mass is 9.88. The summed E-state index contributed by atoms with van der Waals surface area (Å²) in [6.45, 7) is 1.96. The van der Waals surface area contributed by atoms with Crippen LogP contribution in [0.25, 0.3) is 0 Å². The Morgan fingerprint density at radius 1 is 0.562 bits per heavy atom. The van der Waals surface area contributed by atoms with E-state index < -0.39 is 5.92 Å². The maximum Gasteiger partial charge on any atom is 0.252 e. The van der Waals surface area contributed by atoms with Gasteiger partial charge in [-0.25, -0.2) is 5.43 Å². The monoisotopic (exact) mass is 418 g/mol. The summed E-state index contributed by atoms with van der Waals surface area (Å²) in [4.78, 5) is 13.3. The minimum atomic E-state index is -0.430. The average Bonchev–Trinajstić information content (AvgIpc) is 2.86. The van der Waals surface area contributed by atoms with Crippen LogP contribution in [0.5, 0.6) is 0 Å². The van der Waals surface area contributed by atoms with Gasteiger partial charge in [-0.15, -0.1) is 0 Å². The van der Waals surface area contributed by atoms with Crippen LogP contribution < -0.4 is 5.43 Å². The van der Waals surface area contributed by atoms with Gasteiger partial charge < -0.3 is 0 Å². The first-order chi connectivity index (χ1) is 15.7. The van der Waals surface area contributed by atoms with Crippen LogP contribution in [0.2, 0.25) is 0 Å². The third kappa shape index (κ3) is 5.01. The van der Waals surface area contributed by atoms with Crippen molar-refractivity contribution in [2.45, 2.75) is 18.8 Å². The molecular formula is C29H26N2O. The van der Waals surface area contributed by atoms with Crippen molar-refractivity contribution < 1.29 is 4.79 Å². The molecule has 0 aliphatic rings. The van der Waals surface area contributed by atoms with E-state index >= 15 is 0 Å². The lowest BCUT2D eigenvalue weighted by molar-refractivity contribution is -0.121. The molecule has 0 aliphatic heterocycles. The fourth-order valence-corrected chi connectivity index (χ4v) is 4.02. The second kappa shape index (κ2) is 10.4. The number of amides is 1. The molecule has 4 aromatic carbocycles. The van der Waals surface area contributed by atoms with Crippen molar-refractivity contribution in [3.05, 3.63) is 144 Å². The first-order valence-corrected chi connectivity index (χ1v) is 10.8. The standard InChI is InChI=1S/C29H26N2O/c1-22(27(23-14-6-2-7-15-23)24-16-8-3-9-17-24)30-31-29(32)28(25-18-10-4-11-19-25)26-20-12-5-13-21-26/h2-21,27-28H,1H3,(H,31,32)/b30-22+. The molecule has 158 valence electrons. The van der Waals surface area contributed by atoms with Crippen LogP contribution in [0.4, 0.5) is 0 Å². The van der Waals surface area contributed by atoms with E-state index in [0.717, 1.165) is 28.0 Å². The molecule has 0 saturated carbocycles. The molecular weight excluding hydrogens is 392 g/mol. The Morgan fingerprint density at radius 3 is 1.22 bits per heavy atom. The molecule has 4 rings (SSSR count). The summed E-state index contributed by atoms with van der Waals surface area (Å²) in [5.74, 6) is -0.618. The maximum atomic E-state index is 13.3. The minimum Gasteiger partial charge on any atom is -0.272 e. The highest BCUT2D eigenvalue weighted by Crippen LogP contribution is 2.27. The van der Waals surface area contributed by atoms with Gasteiger partial charge in [0.25, 0.3) is 5.91 Å². The zero-order valence-electron chi connectivity index (χ0n) is 18.1. The van der Waals surface area contributed by atoms with Crippen LogP contribution >= 0.6 is 0 Å². The number of hydrogen-bond donors (Lipinski definition) is 1. The van der Waals surface area contributed by atoms with E-state index in [-0.39, 0.29) is 11.8 Å². The molecule has 3 nitrogen and oxygen atoms in total. The molecule has 0 radical (unpaired) electrons. The van der Waals surface area contributed by atoms with Gasteiger partial charge in [-0.2, -0.15) is 5.10 Å². The average molecular weight is 419 g/mol. The molecule has 32 heavy (non-hydrogen) atoms. The van der Waals surface area contributed by atoms with E-state index in [9.17, 15) is 4.79 Å². The summed E-state index contributed by atoms with van der Waals surface area (Å²) in [6.07, 6.45) is 0. The van der Waals surface area contributed by atoms with Crippen molar-refractivity contribution in [3.63, 3.8) is 0 Å². The second-order valence-corrected chi connectivity index (χ2v) is 7.74. The second-order valence-electron chi connectivity index (χ2n) is 7.74. The first kappa shape index (κ1) is 21.3. The Bertz CT molecular complexity index is 1080.